The first-order chi connectivity index (χ1) is 8.25. The molecule has 0 spiro atoms. The van der Waals surface area contributed by atoms with E-state index in [4.69, 9.17) is 50.2 Å². The van der Waals surface area contributed by atoms with Gasteiger partial charge in [-0.2, -0.15) is 0 Å². The van der Waals surface area contributed by atoms with Crippen molar-refractivity contribution >= 4 is 70.5 Å². The Morgan fingerprint density at radius 1 is 1.44 bits per heavy atom. The van der Waals surface area contributed by atoms with Gasteiger partial charge in [0.25, 0.3) is 9.05 Å². The highest BCUT2D eigenvalue weighted by Crippen LogP contribution is 2.37. The molecule has 0 saturated heterocycles. The van der Waals surface area contributed by atoms with Gasteiger partial charge in [0.15, 0.2) is 5.75 Å². The number of halogens is 5. The number of ether oxygens (including phenoxy) is 1. The lowest BCUT2D eigenvalue weighted by atomic mass is 10.3. The maximum atomic E-state index is 11.4. The van der Waals surface area contributed by atoms with Crippen LogP contribution in [0.1, 0.15) is 0 Å². The van der Waals surface area contributed by atoms with Crippen molar-refractivity contribution in [2.75, 3.05) is 6.61 Å². The van der Waals surface area contributed by atoms with Gasteiger partial charge in [0, 0.05) is 20.7 Å². The molecule has 18 heavy (non-hydrogen) atoms. The van der Waals surface area contributed by atoms with Crippen molar-refractivity contribution in [3.8, 4) is 5.75 Å². The third kappa shape index (κ3) is 4.47. The predicted octanol–water partition coefficient (Wildman–Crippen LogP) is 4.73. The van der Waals surface area contributed by atoms with Crippen LogP contribution in [-0.2, 0) is 9.05 Å². The van der Waals surface area contributed by atoms with Crippen LogP contribution in [0.3, 0.4) is 0 Å². The van der Waals surface area contributed by atoms with Gasteiger partial charge in [0.1, 0.15) is 11.5 Å². The van der Waals surface area contributed by atoms with Crippen molar-refractivity contribution in [2.24, 2.45) is 0 Å². The van der Waals surface area contributed by atoms with Gasteiger partial charge in [-0.15, -0.1) is 0 Å². The van der Waals surface area contributed by atoms with Gasteiger partial charge in [-0.3, -0.25) is 0 Å². The Labute approximate surface area is 132 Å². The van der Waals surface area contributed by atoms with Gasteiger partial charge in [0.2, 0.25) is 0 Å². The van der Waals surface area contributed by atoms with Crippen molar-refractivity contribution in [1.82, 2.24) is 0 Å². The van der Waals surface area contributed by atoms with Gasteiger partial charge >= 0.3 is 0 Å². The van der Waals surface area contributed by atoms with Crippen LogP contribution in [-0.4, -0.2) is 15.0 Å². The van der Waals surface area contributed by atoms with Crippen LogP contribution < -0.4 is 4.74 Å². The van der Waals surface area contributed by atoms with Crippen LogP contribution in [0.15, 0.2) is 32.1 Å². The molecule has 0 amide bonds. The quantitative estimate of drug-likeness (QED) is 0.669. The summed E-state index contributed by atoms with van der Waals surface area (Å²) in [4.78, 5) is -0.248. The van der Waals surface area contributed by atoms with Gasteiger partial charge < -0.3 is 4.74 Å². The van der Waals surface area contributed by atoms with Crippen molar-refractivity contribution < 1.29 is 13.2 Å². The van der Waals surface area contributed by atoms with Gasteiger partial charge in [0.05, 0.1) is 10.1 Å². The molecule has 0 heterocycles. The molecule has 0 saturated carbocycles. The zero-order valence-electron chi connectivity index (χ0n) is 8.46. The van der Waals surface area contributed by atoms with E-state index >= 15 is 0 Å². The Bertz CT molecular complexity index is 586. The second-order valence-corrected chi connectivity index (χ2v) is 7.56. The fourth-order valence-electron chi connectivity index (χ4n) is 1.03. The molecule has 1 aromatic carbocycles. The summed E-state index contributed by atoms with van der Waals surface area (Å²) in [5.74, 6) is -0.0773. The average Bonchev–Trinajstić information content (AvgIpc) is 2.25. The molecule has 0 aliphatic carbocycles. The number of hydrogen-bond acceptors (Lipinski definition) is 3. The highest BCUT2D eigenvalue weighted by molar-refractivity contribution is 9.10. The van der Waals surface area contributed by atoms with Crippen LogP contribution >= 0.6 is 61.4 Å². The molecule has 100 valence electrons. The molecule has 0 N–H and O–H groups in total. The van der Waals surface area contributed by atoms with Crippen LogP contribution in [0.25, 0.3) is 0 Å². The van der Waals surface area contributed by atoms with E-state index < -0.39 is 9.05 Å². The fourth-order valence-corrected chi connectivity index (χ4v) is 3.22. The smallest absolute Gasteiger partial charge is 0.265 e. The topological polar surface area (TPSA) is 43.4 Å². The molecule has 0 bridgehead atoms. The Morgan fingerprint density at radius 2 is 2.06 bits per heavy atom. The number of benzene rings is 1. The average molecular weight is 415 g/mol. The minimum atomic E-state index is -4.00. The molecular weight excluding hydrogens is 410 g/mol. The second-order valence-electron chi connectivity index (χ2n) is 3.00. The van der Waals surface area contributed by atoms with Crippen LogP contribution in [0.4, 0.5) is 0 Å². The van der Waals surface area contributed by atoms with Crippen LogP contribution in [0, 0.1) is 0 Å². The summed E-state index contributed by atoms with van der Waals surface area (Å²) in [5.41, 5.74) is 1.10. The van der Waals surface area contributed by atoms with E-state index in [0.717, 1.165) is 5.54 Å². The molecular formula is C9H5BrCl4O3S. The van der Waals surface area contributed by atoms with Gasteiger partial charge in [-0.1, -0.05) is 50.7 Å². The lowest BCUT2D eigenvalue weighted by Gasteiger charge is -2.11. The number of rotatable bonds is 4. The second kappa shape index (κ2) is 6.68. The lowest BCUT2D eigenvalue weighted by Crippen LogP contribution is -2.03. The van der Waals surface area contributed by atoms with Gasteiger partial charge in [-0.25, -0.2) is 8.42 Å². The summed E-state index contributed by atoms with van der Waals surface area (Å²) in [6, 6.07) is 2.75. The molecule has 9 heteroatoms. The first-order valence-electron chi connectivity index (χ1n) is 4.27. The van der Waals surface area contributed by atoms with E-state index in [-0.39, 0.29) is 27.3 Å². The molecule has 0 atom stereocenters. The molecule has 0 aliphatic heterocycles. The maximum absolute atomic E-state index is 11.4. The molecule has 0 aliphatic rings. The minimum Gasteiger partial charge on any atom is -0.485 e. The van der Waals surface area contributed by atoms with Gasteiger partial charge in [-0.05, 0) is 12.1 Å². The Hall–Kier alpha value is 0.350. The highest BCUT2D eigenvalue weighted by atomic mass is 79.9. The molecule has 0 radical (unpaired) electrons. The van der Waals surface area contributed by atoms with E-state index in [1.54, 1.807) is 0 Å². The van der Waals surface area contributed by atoms with E-state index in [1.807, 2.05) is 0 Å². The van der Waals surface area contributed by atoms with E-state index in [2.05, 4.69) is 15.9 Å². The Morgan fingerprint density at radius 3 is 2.56 bits per heavy atom. The monoisotopic (exact) mass is 412 g/mol. The summed E-state index contributed by atoms with van der Waals surface area (Å²) in [6.45, 7) is -0.119. The summed E-state index contributed by atoms with van der Waals surface area (Å²) in [6.07, 6.45) is 0. The third-order valence-corrected chi connectivity index (χ3v) is 4.37. The van der Waals surface area contributed by atoms with E-state index in [1.165, 1.54) is 12.1 Å². The zero-order valence-corrected chi connectivity index (χ0v) is 13.9. The van der Waals surface area contributed by atoms with Crippen LogP contribution in [0.2, 0.25) is 5.02 Å². The summed E-state index contributed by atoms with van der Waals surface area (Å²) in [7, 11) is 1.30. The molecule has 3 nitrogen and oxygen atoms in total. The van der Waals surface area contributed by atoms with E-state index in [9.17, 15) is 8.42 Å². The third-order valence-electron chi connectivity index (χ3n) is 1.71. The normalized spacial score (nSPS) is 12.6. The van der Waals surface area contributed by atoms with Crippen molar-refractivity contribution in [3.05, 3.63) is 32.2 Å². The Balaban J connectivity index is 3.25. The number of hydrogen-bond donors (Lipinski definition) is 0. The van der Waals surface area contributed by atoms with Crippen molar-refractivity contribution in [3.63, 3.8) is 0 Å². The summed E-state index contributed by atoms with van der Waals surface area (Å²) >= 11 is 20.0. The fraction of sp³-hybridized carbons (Fsp3) is 0.111. The zero-order chi connectivity index (χ0) is 13.9. The van der Waals surface area contributed by atoms with E-state index in [0.29, 0.717) is 4.47 Å². The van der Waals surface area contributed by atoms with Crippen molar-refractivity contribution in [1.29, 1.82) is 0 Å². The molecule has 0 unspecified atom stereocenters. The highest BCUT2D eigenvalue weighted by Gasteiger charge is 2.21. The molecule has 0 aromatic heterocycles. The molecule has 1 rings (SSSR count). The molecule has 0 fully saturated rings. The SMILES string of the molecule is O=S(=O)(Cl)c1cc(Br)cc(Cl)c1OC/C(Cl)=C\Cl. The predicted molar refractivity (Wildman–Crippen MR) is 77.5 cm³/mol. The van der Waals surface area contributed by atoms with Crippen LogP contribution in [0.5, 0.6) is 5.75 Å². The first-order valence-corrected chi connectivity index (χ1v) is 8.56. The van der Waals surface area contributed by atoms with Crippen molar-refractivity contribution in [2.45, 2.75) is 4.90 Å². The Kier molecular flexibility index (Phi) is 6.09. The minimum absolute atomic E-state index is 0.0773. The summed E-state index contributed by atoms with van der Waals surface area (Å²) in [5, 5.41) is 0.274. The summed E-state index contributed by atoms with van der Waals surface area (Å²) < 4.78 is 28.5. The first kappa shape index (κ1) is 16.4. The molecule has 1 aromatic rings. The lowest BCUT2D eigenvalue weighted by molar-refractivity contribution is 0.350. The maximum Gasteiger partial charge on any atom is 0.265 e. The standard InChI is InChI=1S/C9H5BrCl4O3S/c10-5-1-7(13)9(17-4-6(12)3-11)8(2-5)18(14,15)16/h1-3H,4H2/b6-3+. The largest absolute Gasteiger partial charge is 0.485 e.